The molecule has 1 aromatic heterocycles. The number of halogens is 1. The van der Waals surface area contributed by atoms with Crippen LogP contribution in [0.15, 0.2) is 36.7 Å². The fourth-order valence-electron chi connectivity index (χ4n) is 2.91. The minimum Gasteiger partial charge on any atom is -0.490 e. The predicted octanol–water partition coefficient (Wildman–Crippen LogP) is 3.52. The van der Waals surface area contributed by atoms with E-state index in [0.29, 0.717) is 13.1 Å². The van der Waals surface area contributed by atoms with Crippen molar-refractivity contribution in [3.8, 4) is 5.75 Å². The average molecular weight is 328 g/mol. The number of amides is 1. The first-order valence-electron chi connectivity index (χ1n) is 8.17. The highest BCUT2D eigenvalue weighted by Crippen LogP contribution is 2.24. The third-order valence-electron chi connectivity index (χ3n) is 4.37. The van der Waals surface area contributed by atoms with Crippen molar-refractivity contribution in [2.75, 3.05) is 13.1 Å². The number of carbonyl (C=O) groups is 1. The van der Waals surface area contributed by atoms with Gasteiger partial charge >= 0.3 is 0 Å². The van der Waals surface area contributed by atoms with Crippen LogP contribution in [-0.2, 0) is 0 Å². The molecular formula is C19H21FN2O2. The number of piperidine rings is 1. The van der Waals surface area contributed by atoms with Crippen molar-refractivity contribution in [2.45, 2.75) is 32.8 Å². The molecule has 5 heteroatoms. The Morgan fingerprint density at radius 3 is 2.71 bits per heavy atom. The van der Waals surface area contributed by atoms with Crippen LogP contribution < -0.4 is 4.74 Å². The highest BCUT2D eigenvalue weighted by molar-refractivity contribution is 5.94. The zero-order chi connectivity index (χ0) is 17.1. The lowest BCUT2D eigenvalue weighted by atomic mass is 10.1. The monoisotopic (exact) mass is 328 g/mol. The van der Waals surface area contributed by atoms with E-state index in [1.54, 1.807) is 4.90 Å². The molecule has 2 heterocycles. The van der Waals surface area contributed by atoms with Gasteiger partial charge < -0.3 is 9.64 Å². The molecule has 3 rings (SSSR count). The second kappa shape index (κ2) is 6.99. The SMILES string of the molecule is Cc1ccc(C)c(OC2CCN(C(=O)c3ccncc3F)CC2)c1. The molecule has 24 heavy (non-hydrogen) atoms. The van der Waals surface area contributed by atoms with Crippen LogP contribution in [0.2, 0.25) is 0 Å². The summed E-state index contributed by atoms with van der Waals surface area (Å²) in [6.07, 6.45) is 4.07. The number of aromatic nitrogens is 1. The summed E-state index contributed by atoms with van der Waals surface area (Å²) in [5.41, 5.74) is 2.35. The Hall–Kier alpha value is -2.43. The van der Waals surface area contributed by atoms with Crippen molar-refractivity contribution in [3.63, 3.8) is 0 Å². The van der Waals surface area contributed by atoms with E-state index in [1.807, 2.05) is 19.9 Å². The van der Waals surface area contributed by atoms with Crippen LogP contribution in [0, 0.1) is 19.7 Å². The highest BCUT2D eigenvalue weighted by Gasteiger charge is 2.26. The molecule has 126 valence electrons. The summed E-state index contributed by atoms with van der Waals surface area (Å²) in [6, 6.07) is 7.58. The molecule has 0 atom stereocenters. The molecule has 1 aliphatic heterocycles. The van der Waals surface area contributed by atoms with Gasteiger partial charge in [-0.1, -0.05) is 12.1 Å². The van der Waals surface area contributed by atoms with Crippen LogP contribution in [0.3, 0.4) is 0 Å². The quantitative estimate of drug-likeness (QED) is 0.866. The lowest BCUT2D eigenvalue weighted by Crippen LogP contribution is -2.42. The normalized spacial score (nSPS) is 15.4. The van der Waals surface area contributed by atoms with Gasteiger partial charge in [-0.2, -0.15) is 0 Å². The lowest BCUT2D eigenvalue weighted by Gasteiger charge is -2.32. The average Bonchev–Trinajstić information content (AvgIpc) is 2.59. The first-order chi connectivity index (χ1) is 11.5. The van der Waals surface area contributed by atoms with Crippen molar-refractivity contribution >= 4 is 5.91 Å². The van der Waals surface area contributed by atoms with Gasteiger partial charge in [-0.3, -0.25) is 9.78 Å². The number of hydrogen-bond acceptors (Lipinski definition) is 3. The molecule has 0 bridgehead atoms. The largest absolute Gasteiger partial charge is 0.490 e. The summed E-state index contributed by atoms with van der Waals surface area (Å²) < 4.78 is 19.8. The van der Waals surface area contributed by atoms with E-state index < -0.39 is 5.82 Å². The van der Waals surface area contributed by atoms with Crippen LogP contribution in [-0.4, -0.2) is 35.0 Å². The molecule has 0 saturated carbocycles. The Labute approximate surface area is 141 Å². The Bertz CT molecular complexity index is 740. The number of aryl methyl sites for hydroxylation is 2. The number of rotatable bonds is 3. The van der Waals surface area contributed by atoms with E-state index in [9.17, 15) is 9.18 Å². The molecule has 0 aliphatic carbocycles. The maximum absolute atomic E-state index is 13.7. The molecule has 2 aromatic rings. The molecule has 0 radical (unpaired) electrons. The topological polar surface area (TPSA) is 42.4 Å². The van der Waals surface area contributed by atoms with E-state index in [4.69, 9.17) is 4.74 Å². The summed E-state index contributed by atoms with van der Waals surface area (Å²) in [6.45, 7) is 5.20. The minimum atomic E-state index is -0.573. The number of pyridine rings is 1. The van der Waals surface area contributed by atoms with Gasteiger partial charge in [0.1, 0.15) is 11.9 Å². The summed E-state index contributed by atoms with van der Waals surface area (Å²) in [5, 5.41) is 0. The molecule has 1 aromatic carbocycles. The Morgan fingerprint density at radius 2 is 2.00 bits per heavy atom. The van der Waals surface area contributed by atoms with Gasteiger partial charge in [0.2, 0.25) is 0 Å². The number of hydrogen-bond donors (Lipinski definition) is 0. The number of nitrogens with zero attached hydrogens (tertiary/aromatic N) is 2. The Morgan fingerprint density at radius 1 is 1.25 bits per heavy atom. The third-order valence-corrected chi connectivity index (χ3v) is 4.37. The first-order valence-corrected chi connectivity index (χ1v) is 8.17. The zero-order valence-electron chi connectivity index (χ0n) is 14.0. The van der Waals surface area contributed by atoms with Crippen LogP contribution in [0.25, 0.3) is 0 Å². The van der Waals surface area contributed by atoms with Crippen molar-refractivity contribution in [1.82, 2.24) is 9.88 Å². The first kappa shape index (κ1) is 16.4. The third kappa shape index (κ3) is 3.55. The van der Waals surface area contributed by atoms with Crippen LogP contribution >= 0.6 is 0 Å². The van der Waals surface area contributed by atoms with E-state index in [2.05, 4.69) is 17.1 Å². The van der Waals surface area contributed by atoms with Crippen molar-refractivity contribution in [2.24, 2.45) is 0 Å². The Balaban J connectivity index is 1.61. The second-order valence-corrected chi connectivity index (χ2v) is 6.23. The van der Waals surface area contributed by atoms with Crippen molar-refractivity contribution < 1.29 is 13.9 Å². The standard InChI is InChI=1S/C19H21FN2O2/c1-13-3-4-14(2)18(11-13)24-15-6-9-22(10-7-15)19(23)16-5-8-21-12-17(16)20/h3-5,8,11-12,15H,6-7,9-10H2,1-2H3. The number of ether oxygens (including phenoxy) is 1. The molecule has 1 aliphatic rings. The van der Waals surface area contributed by atoms with Gasteiger partial charge in [0.05, 0.1) is 11.8 Å². The minimum absolute atomic E-state index is 0.0804. The van der Waals surface area contributed by atoms with Crippen molar-refractivity contribution in [3.05, 3.63) is 59.2 Å². The van der Waals surface area contributed by atoms with Crippen LogP contribution in [0.4, 0.5) is 4.39 Å². The Kier molecular flexibility index (Phi) is 4.79. The summed E-state index contributed by atoms with van der Waals surface area (Å²) in [5.74, 6) is 0.0521. The molecular weight excluding hydrogens is 307 g/mol. The van der Waals surface area contributed by atoms with E-state index in [1.165, 1.54) is 12.3 Å². The number of likely N-dealkylation sites (tertiary alicyclic amines) is 1. The predicted molar refractivity (Wildman–Crippen MR) is 89.7 cm³/mol. The van der Waals surface area contributed by atoms with Crippen LogP contribution in [0.5, 0.6) is 5.75 Å². The van der Waals surface area contributed by atoms with Gasteiger partial charge in [-0.25, -0.2) is 4.39 Å². The lowest BCUT2D eigenvalue weighted by molar-refractivity contribution is 0.0590. The fourth-order valence-corrected chi connectivity index (χ4v) is 2.91. The number of benzene rings is 1. The molecule has 1 amide bonds. The molecule has 0 spiro atoms. The summed E-state index contributed by atoms with van der Waals surface area (Å²) >= 11 is 0. The van der Waals surface area contributed by atoms with E-state index in [0.717, 1.165) is 35.9 Å². The number of carbonyl (C=O) groups excluding carboxylic acids is 1. The molecule has 1 fully saturated rings. The van der Waals surface area contributed by atoms with Crippen molar-refractivity contribution in [1.29, 1.82) is 0 Å². The summed E-state index contributed by atoms with van der Waals surface area (Å²) in [7, 11) is 0. The van der Waals surface area contributed by atoms with Gasteiger partial charge in [0.25, 0.3) is 5.91 Å². The second-order valence-electron chi connectivity index (χ2n) is 6.23. The zero-order valence-corrected chi connectivity index (χ0v) is 14.0. The van der Waals surface area contributed by atoms with Gasteiger partial charge in [0, 0.05) is 32.1 Å². The van der Waals surface area contributed by atoms with Crippen LogP contribution in [0.1, 0.15) is 34.3 Å². The molecule has 1 saturated heterocycles. The molecule has 4 nitrogen and oxygen atoms in total. The van der Waals surface area contributed by atoms with E-state index in [-0.39, 0.29) is 17.6 Å². The van der Waals surface area contributed by atoms with Gasteiger partial charge in [-0.05, 0) is 37.1 Å². The maximum Gasteiger partial charge on any atom is 0.256 e. The van der Waals surface area contributed by atoms with E-state index >= 15 is 0 Å². The molecule has 0 unspecified atom stereocenters. The fraction of sp³-hybridized carbons (Fsp3) is 0.368. The summed E-state index contributed by atoms with van der Waals surface area (Å²) in [4.78, 5) is 17.8. The smallest absolute Gasteiger partial charge is 0.256 e. The van der Waals surface area contributed by atoms with Gasteiger partial charge in [-0.15, -0.1) is 0 Å². The maximum atomic E-state index is 13.7. The highest BCUT2D eigenvalue weighted by atomic mass is 19.1. The van der Waals surface area contributed by atoms with Gasteiger partial charge in [0.15, 0.2) is 5.82 Å². The molecule has 0 N–H and O–H groups in total.